The number of rotatable bonds is 6. The summed E-state index contributed by atoms with van der Waals surface area (Å²) in [6, 6.07) is 20.2. The van der Waals surface area contributed by atoms with E-state index in [0.717, 1.165) is 37.1 Å². The van der Waals surface area contributed by atoms with Crippen LogP contribution in [0.3, 0.4) is 0 Å². The van der Waals surface area contributed by atoms with Gasteiger partial charge in [-0.25, -0.2) is 0 Å². The largest absolute Gasteiger partial charge is 0.469 e. The molecule has 0 amide bonds. The summed E-state index contributed by atoms with van der Waals surface area (Å²) < 4.78 is 9.88. The summed E-state index contributed by atoms with van der Waals surface area (Å²) in [4.78, 5) is 23.9. The number of carbonyl (C=O) groups is 2. The van der Waals surface area contributed by atoms with Crippen LogP contribution in [0.5, 0.6) is 0 Å². The van der Waals surface area contributed by atoms with Crippen molar-refractivity contribution >= 4 is 11.9 Å². The summed E-state index contributed by atoms with van der Waals surface area (Å²) in [6.45, 7) is 1.98. The second-order valence-corrected chi connectivity index (χ2v) is 8.94. The predicted molar refractivity (Wildman–Crippen MR) is 134 cm³/mol. The van der Waals surface area contributed by atoms with Gasteiger partial charge in [-0.1, -0.05) is 73.5 Å². The Hall–Kier alpha value is -2.70. The lowest BCUT2D eigenvalue weighted by molar-refractivity contribution is -0.144. The fourth-order valence-electron chi connectivity index (χ4n) is 4.97. The van der Waals surface area contributed by atoms with Gasteiger partial charge < -0.3 is 20.1 Å². The van der Waals surface area contributed by atoms with E-state index in [2.05, 4.69) is 10.6 Å². The SMILES string of the molecule is COC(=O)C(c1ccccc1)C1CCCCN1.COC(=O)C(c1ccccc1)C1CCCCN1. The van der Waals surface area contributed by atoms with E-state index in [9.17, 15) is 9.59 Å². The van der Waals surface area contributed by atoms with E-state index >= 15 is 0 Å². The lowest BCUT2D eigenvalue weighted by atomic mass is 9.86. The van der Waals surface area contributed by atoms with E-state index < -0.39 is 0 Å². The molecule has 0 bridgehead atoms. The molecular formula is C28H38N2O4. The maximum atomic E-state index is 11.9. The lowest BCUT2D eigenvalue weighted by Crippen LogP contribution is -2.42. The molecule has 0 aromatic heterocycles. The molecule has 6 nitrogen and oxygen atoms in total. The van der Waals surface area contributed by atoms with Gasteiger partial charge in [0.2, 0.25) is 0 Å². The highest BCUT2D eigenvalue weighted by Crippen LogP contribution is 2.27. The molecular weight excluding hydrogens is 428 g/mol. The van der Waals surface area contributed by atoms with E-state index in [4.69, 9.17) is 9.47 Å². The fourth-order valence-corrected chi connectivity index (χ4v) is 4.97. The monoisotopic (exact) mass is 466 g/mol. The third-order valence-corrected chi connectivity index (χ3v) is 6.73. The van der Waals surface area contributed by atoms with Crippen LogP contribution in [-0.4, -0.2) is 51.3 Å². The van der Waals surface area contributed by atoms with Gasteiger partial charge in [0.05, 0.1) is 26.1 Å². The normalized spacial score (nSPS) is 21.8. The second-order valence-electron chi connectivity index (χ2n) is 8.94. The number of esters is 2. The summed E-state index contributed by atoms with van der Waals surface area (Å²) in [5.41, 5.74) is 2.08. The predicted octanol–water partition coefficient (Wildman–Crippen LogP) is 4.17. The van der Waals surface area contributed by atoms with Gasteiger partial charge in [0, 0.05) is 12.1 Å². The number of hydrogen-bond donors (Lipinski definition) is 2. The van der Waals surface area contributed by atoms with Gasteiger partial charge >= 0.3 is 11.9 Å². The van der Waals surface area contributed by atoms with Crippen molar-refractivity contribution in [3.63, 3.8) is 0 Å². The van der Waals surface area contributed by atoms with Gasteiger partial charge in [-0.05, 0) is 49.9 Å². The zero-order valence-electron chi connectivity index (χ0n) is 20.4. The molecule has 0 spiro atoms. The molecule has 0 aliphatic carbocycles. The van der Waals surface area contributed by atoms with Gasteiger partial charge in [-0.3, -0.25) is 9.59 Å². The summed E-state index contributed by atoms with van der Waals surface area (Å²) in [7, 11) is 2.92. The average Bonchev–Trinajstić information content (AvgIpc) is 2.91. The number of ether oxygens (including phenoxy) is 2. The molecule has 4 atom stereocenters. The van der Waals surface area contributed by atoms with Crippen molar-refractivity contribution in [3.8, 4) is 0 Å². The van der Waals surface area contributed by atoms with Gasteiger partial charge in [0.1, 0.15) is 0 Å². The standard InChI is InChI=1S/2C14H19NO2/c2*1-17-14(16)13(11-7-3-2-4-8-11)12-9-5-6-10-15-12/h2*2-4,7-8,12-13,15H,5-6,9-10H2,1H3. The zero-order chi connectivity index (χ0) is 24.2. The number of nitrogens with one attached hydrogen (secondary N) is 2. The fraction of sp³-hybridized carbons (Fsp3) is 0.500. The summed E-state index contributed by atoms with van der Waals surface area (Å²) >= 11 is 0. The third kappa shape index (κ3) is 7.15. The first-order valence-corrected chi connectivity index (χ1v) is 12.4. The molecule has 2 fully saturated rings. The molecule has 34 heavy (non-hydrogen) atoms. The number of piperidine rings is 2. The maximum absolute atomic E-state index is 11.9. The van der Waals surface area contributed by atoms with Gasteiger partial charge in [-0.15, -0.1) is 0 Å². The Morgan fingerprint density at radius 1 is 0.676 bits per heavy atom. The van der Waals surface area contributed by atoms with Crippen molar-refractivity contribution in [1.29, 1.82) is 0 Å². The number of methoxy groups -OCH3 is 2. The Labute approximate surface area is 203 Å². The molecule has 6 heteroatoms. The topological polar surface area (TPSA) is 76.7 Å². The minimum Gasteiger partial charge on any atom is -0.469 e. The number of hydrogen-bond acceptors (Lipinski definition) is 6. The first-order valence-electron chi connectivity index (χ1n) is 12.4. The van der Waals surface area contributed by atoms with E-state index in [0.29, 0.717) is 0 Å². The molecule has 0 radical (unpaired) electrons. The Morgan fingerprint density at radius 2 is 1.06 bits per heavy atom. The smallest absolute Gasteiger partial charge is 0.314 e. The molecule has 2 aliphatic heterocycles. The quantitative estimate of drug-likeness (QED) is 0.623. The van der Waals surface area contributed by atoms with Crippen molar-refractivity contribution in [2.24, 2.45) is 0 Å². The number of benzene rings is 2. The highest BCUT2D eigenvalue weighted by atomic mass is 16.5. The molecule has 2 saturated heterocycles. The van der Waals surface area contributed by atoms with Crippen molar-refractivity contribution in [2.45, 2.75) is 62.4 Å². The van der Waals surface area contributed by atoms with Crippen molar-refractivity contribution in [1.82, 2.24) is 10.6 Å². The summed E-state index contributed by atoms with van der Waals surface area (Å²) in [5.74, 6) is -0.644. The van der Waals surface area contributed by atoms with Crippen LogP contribution in [0.1, 0.15) is 61.5 Å². The van der Waals surface area contributed by atoms with E-state index in [1.807, 2.05) is 60.7 Å². The molecule has 2 N–H and O–H groups in total. The molecule has 2 aliphatic rings. The number of carbonyl (C=O) groups excluding carboxylic acids is 2. The first-order chi connectivity index (χ1) is 16.7. The lowest BCUT2D eigenvalue weighted by Gasteiger charge is -2.29. The molecule has 2 heterocycles. The van der Waals surface area contributed by atoms with Gasteiger partial charge in [-0.2, -0.15) is 0 Å². The Bertz CT molecular complexity index is 789. The first kappa shape index (κ1) is 25.9. The van der Waals surface area contributed by atoms with Crippen LogP contribution >= 0.6 is 0 Å². The minimum atomic E-state index is -0.179. The van der Waals surface area contributed by atoms with Crippen LogP contribution in [0.4, 0.5) is 0 Å². The average molecular weight is 467 g/mol. The highest BCUT2D eigenvalue weighted by molar-refractivity contribution is 5.79. The van der Waals surface area contributed by atoms with Gasteiger partial charge in [0.25, 0.3) is 0 Å². The Balaban J connectivity index is 0.000000191. The van der Waals surface area contributed by atoms with Crippen LogP contribution in [0, 0.1) is 0 Å². The van der Waals surface area contributed by atoms with Crippen LogP contribution in [-0.2, 0) is 19.1 Å². The van der Waals surface area contributed by atoms with Gasteiger partial charge in [0.15, 0.2) is 0 Å². The summed E-state index contributed by atoms with van der Waals surface area (Å²) in [6.07, 6.45) is 6.82. The molecule has 0 saturated carbocycles. The van der Waals surface area contributed by atoms with E-state index in [-0.39, 0.29) is 35.9 Å². The van der Waals surface area contributed by atoms with Crippen LogP contribution in [0.2, 0.25) is 0 Å². The summed E-state index contributed by atoms with van der Waals surface area (Å²) in [5, 5.41) is 6.86. The Kier molecular flexibility index (Phi) is 10.6. The highest BCUT2D eigenvalue weighted by Gasteiger charge is 2.32. The minimum absolute atomic E-state index is 0.143. The van der Waals surface area contributed by atoms with Crippen LogP contribution < -0.4 is 10.6 Å². The molecule has 4 unspecified atom stereocenters. The maximum Gasteiger partial charge on any atom is 0.314 e. The van der Waals surface area contributed by atoms with Crippen molar-refractivity contribution < 1.29 is 19.1 Å². The molecule has 4 rings (SSSR count). The third-order valence-electron chi connectivity index (χ3n) is 6.73. The molecule has 184 valence electrons. The van der Waals surface area contributed by atoms with E-state index in [1.165, 1.54) is 39.9 Å². The van der Waals surface area contributed by atoms with Crippen LogP contribution in [0.15, 0.2) is 60.7 Å². The van der Waals surface area contributed by atoms with Crippen molar-refractivity contribution in [3.05, 3.63) is 71.8 Å². The zero-order valence-corrected chi connectivity index (χ0v) is 20.4. The second kappa shape index (κ2) is 13.9. The molecule has 2 aromatic carbocycles. The van der Waals surface area contributed by atoms with Crippen LogP contribution in [0.25, 0.3) is 0 Å². The van der Waals surface area contributed by atoms with Crippen molar-refractivity contribution in [2.75, 3.05) is 27.3 Å². The Morgan fingerprint density at radius 3 is 1.35 bits per heavy atom. The molecule has 2 aromatic rings. The van der Waals surface area contributed by atoms with E-state index in [1.54, 1.807) is 0 Å².